The van der Waals surface area contributed by atoms with Crippen LogP contribution >= 0.6 is 23.2 Å². The maximum atomic E-state index is 12.2. The smallest absolute Gasteiger partial charge is 0.248 e. The Balaban J connectivity index is 1.78. The van der Waals surface area contributed by atoms with Crippen molar-refractivity contribution in [2.75, 3.05) is 5.32 Å². The minimum Gasteiger partial charge on any atom is -0.322 e. The van der Waals surface area contributed by atoms with E-state index >= 15 is 0 Å². The molecule has 8 heteroatoms. The number of carbonyl (C=O) groups is 1. The molecule has 1 amide bonds. The summed E-state index contributed by atoms with van der Waals surface area (Å²) < 4.78 is 1.51. The number of halogens is 2. The third kappa shape index (κ3) is 4.23. The van der Waals surface area contributed by atoms with Crippen LogP contribution in [0.3, 0.4) is 0 Å². The highest BCUT2D eigenvalue weighted by Gasteiger charge is 2.06. The van der Waals surface area contributed by atoms with Crippen LogP contribution in [0, 0.1) is 6.92 Å². The fourth-order valence-electron chi connectivity index (χ4n) is 2.15. The van der Waals surface area contributed by atoms with Crippen molar-refractivity contribution in [2.45, 2.75) is 6.92 Å². The van der Waals surface area contributed by atoms with Gasteiger partial charge in [0.1, 0.15) is 6.33 Å². The SMILES string of the molecule is Cc1ccc(-n2cnnn2)cc1NC(=O)/C=C/c1cc(Cl)ccc1Cl. The largest absolute Gasteiger partial charge is 0.322 e. The Morgan fingerprint density at radius 2 is 2.04 bits per heavy atom. The van der Waals surface area contributed by atoms with E-state index < -0.39 is 0 Å². The molecule has 0 atom stereocenters. The molecular weight excluding hydrogens is 361 g/mol. The minimum absolute atomic E-state index is 0.284. The van der Waals surface area contributed by atoms with Crippen LogP contribution in [0.1, 0.15) is 11.1 Å². The monoisotopic (exact) mass is 373 g/mol. The molecule has 3 aromatic rings. The van der Waals surface area contributed by atoms with Crippen molar-refractivity contribution in [3.05, 3.63) is 70.0 Å². The minimum atomic E-state index is -0.284. The highest BCUT2D eigenvalue weighted by molar-refractivity contribution is 6.34. The van der Waals surface area contributed by atoms with E-state index in [4.69, 9.17) is 23.2 Å². The van der Waals surface area contributed by atoms with Gasteiger partial charge < -0.3 is 5.32 Å². The Kier molecular flexibility index (Phi) is 5.11. The number of anilines is 1. The fourth-order valence-corrected chi connectivity index (χ4v) is 2.51. The van der Waals surface area contributed by atoms with Crippen LogP contribution in [0.25, 0.3) is 11.8 Å². The van der Waals surface area contributed by atoms with Gasteiger partial charge in [0.05, 0.1) is 5.69 Å². The first kappa shape index (κ1) is 17.1. The van der Waals surface area contributed by atoms with Crippen molar-refractivity contribution < 1.29 is 4.79 Å². The Hall–Kier alpha value is -2.70. The number of hydrogen-bond acceptors (Lipinski definition) is 4. The van der Waals surface area contributed by atoms with Gasteiger partial charge in [0.25, 0.3) is 0 Å². The summed E-state index contributed by atoms with van der Waals surface area (Å²) >= 11 is 12.0. The molecule has 25 heavy (non-hydrogen) atoms. The lowest BCUT2D eigenvalue weighted by atomic mass is 10.1. The third-order valence-electron chi connectivity index (χ3n) is 3.46. The molecule has 2 aromatic carbocycles. The summed E-state index contributed by atoms with van der Waals surface area (Å²) in [5.41, 5.74) is 3.00. The van der Waals surface area contributed by atoms with E-state index in [1.54, 1.807) is 30.3 Å². The van der Waals surface area contributed by atoms with Gasteiger partial charge in [-0.2, -0.15) is 0 Å². The van der Waals surface area contributed by atoms with E-state index in [0.717, 1.165) is 11.3 Å². The quantitative estimate of drug-likeness (QED) is 0.703. The van der Waals surface area contributed by atoms with Crippen LogP contribution < -0.4 is 5.32 Å². The topological polar surface area (TPSA) is 72.7 Å². The van der Waals surface area contributed by atoms with Crippen molar-refractivity contribution in [1.82, 2.24) is 20.2 Å². The van der Waals surface area contributed by atoms with E-state index in [2.05, 4.69) is 20.8 Å². The molecule has 6 nitrogen and oxygen atoms in total. The van der Waals surface area contributed by atoms with Crippen molar-refractivity contribution in [3.63, 3.8) is 0 Å². The molecule has 0 aliphatic heterocycles. The Bertz CT molecular complexity index is 938. The molecule has 1 N–H and O–H groups in total. The average Bonchev–Trinajstić information content (AvgIpc) is 3.12. The Labute approximate surface area is 154 Å². The number of nitrogens with zero attached hydrogens (tertiary/aromatic N) is 4. The first-order valence-corrected chi connectivity index (χ1v) is 8.06. The second-order valence-corrected chi connectivity index (χ2v) is 6.09. The molecular formula is C17H13Cl2N5O. The molecule has 0 unspecified atom stereocenters. The highest BCUT2D eigenvalue weighted by Crippen LogP contribution is 2.22. The first-order chi connectivity index (χ1) is 12.0. The molecule has 0 aliphatic rings. The van der Waals surface area contributed by atoms with E-state index in [9.17, 15) is 4.79 Å². The summed E-state index contributed by atoms with van der Waals surface area (Å²) in [4.78, 5) is 12.2. The zero-order chi connectivity index (χ0) is 17.8. The third-order valence-corrected chi connectivity index (χ3v) is 4.04. The lowest BCUT2D eigenvalue weighted by Crippen LogP contribution is -2.09. The molecule has 0 saturated heterocycles. The summed E-state index contributed by atoms with van der Waals surface area (Å²) in [7, 11) is 0. The number of aryl methyl sites for hydroxylation is 1. The van der Waals surface area contributed by atoms with Gasteiger partial charge in [0.15, 0.2) is 0 Å². The summed E-state index contributed by atoms with van der Waals surface area (Å²) in [6.07, 6.45) is 4.50. The maximum Gasteiger partial charge on any atom is 0.248 e. The molecule has 1 aromatic heterocycles. The number of aromatic nitrogens is 4. The van der Waals surface area contributed by atoms with Gasteiger partial charge in [-0.3, -0.25) is 4.79 Å². The van der Waals surface area contributed by atoms with Gasteiger partial charge in [-0.1, -0.05) is 29.3 Å². The van der Waals surface area contributed by atoms with Crippen LogP contribution in [-0.2, 0) is 4.79 Å². The molecule has 0 aliphatic carbocycles. The van der Waals surface area contributed by atoms with Gasteiger partial charge in [0, 0.05) is 21.8 Å². The average molecular weight is 374 g/mol. The van der Waals surface area contributed by atoms with Gasteiger partial charge in [-0.25, -0.2) is 4.68 Å². The number of carbonyl (C=O) groups excluding carboxylic acids is 1. The standard InChI is InChI=1S/C17H13Cl2N5O/c1-11-2-5-14(24-10-20-22-23-24)9-16(11)21-17(25)7-3-12-8-13(18)4-6-15(12)19/h2-10H,1H3,(H,21,25)/b7-3+. The maximum absolute atomic E-state index is 12.2. The summed E-state index contributed by atoms with van der Waals surface area (Å²) in [6, 6.07) is 10.6. The van der Waals surface area contributed by atoms with Crippen LogP contribution in [0.15, 0.2) is 48.8 Å². The van der Waals surface area contributed by atoms with Gasteiger partial charge in [0.2, 0.25) is 5.91 Å². The zero-order valence-electron chi connectivity index (χ0n) is 13.1. The summed E-state index contributed by atoms with van der Waals surface area (Å²) in [6.45, 7) is 1.90. The normalized spacial score (nSPS) is 11.0. The second kappa shape index (κ2) is 7.46. The number of nitrogens with one attached hydrogen (secondary N) is 1. The van der Waals surface area contributed by atoms with Crippen LogP contribution in [-0.4, -0.2) is 26.1 Å². The van der Waals surface area contributed by atoms with Crippen LogP contribution in [0.5, 0.6) is 0 Å². The summed E-state index contributed by atoms with van der Waals surface area (Å²) in [5.74, 6) is -0.284. The molecule has 3 rings (SSSR count). The number of amides is 1. The lowest BCUT2D eigenvalue weighted by molar-refractivity contribution is -0.111. The number of hydrogen-bond donors (Lipinski definition) is 1. The van der Waals surface area contributed by atoms with Crippen LogP contribution in [0.4, 0.5) is 5.69 Å². The molecule has 0 fully saturated rings. The predicted octanol–water partition coefficient (Wildman–Crippen LogP) is 3.93. The lowest BCUT2D eigenvalue weighted by Gasteiger charge is -2.09. The van der Waals surface area contributed by atoms with E-state index in [1.807, 2.05) is 19.1 Å². The fraction of sp³-hybridized carbons (Fsp3) is 0.0588. The van der Waals surface area contributed by atoms with E-state index in [1.165, 1.54) is 17.1 Å². The van der Waals surface area contributed by atoms with E-state index in [-0.39, 0.29) is 5.91 Å². The predicted molar refractivity (Wildman–Crippen MR) is 98.0 cm³/mol. The number of rotatable bonds is 4. The molecule has 0 bridgehead atoms. The van der Waals surface area contributed by atoms with Crippen molar-refractivity contribution in [1.29, 1.82) is 0 Å². The summed E-state index contributed by atoms with van der Waals surface area (Å²) in [5, 5.41) is 14.9. The Morgan fingerprint density at radius 1 is 1.20 bits per heavy atom. The van der Waals surface area contributed by atoms with Crippen molar-refractivity contribution >= 4 is 40.9 Å². The van der Waals surface area contributed by atoms with E-state index in [0.29, 0.717) is 21.3 Å². The zero-order valence-corrected chi connectivity index (χ0v) is 14.7. The first-order valence-electron chi connectivity index (χ1n) is 7.31. The van der Waals surface area contributed by atoms with Crippen LogP contribution in [0.2, 0.25) is 10.0 Å². The van der Waals surface area contributed by atoms with Gasteiger partial charge >= 0.3 is 0 Å². The second-order valence-electron chi connectivity index (χ2n) is 5.24. The molecule has 1 heterocycles. The van der Waals surface area contributed by atoms with Crippen molar-refractivity contribution in [3.8, 4) is 5.69 Å². The molecule has 0 saturated carbocycles. The Morgan fingerprint density at radius 3 is 2.80 bits per heavy atom. The van der Waals surface area contributed by atoms with Gasteiger partial charge in [-0.15, -0.1) is 5.10 Å². The highest BCUT2D eigenvalue weighted by atomic mass is 35.5. The van der Waals surface area contributed by atoms with Gasteiger partial charge in [-0.05, 0) is 64.9 Å². The molecule has 126 valence electrons. The molecule has 0 radical (unpaired) electrons. The molecule has 0 spiro atoms. The van der Waals surface area contributed by atoms with Crippen molar-refractivity contribution in [2.24, 2.45) is 0 Å². The number of tetrazole rings is 1. The number of benzene rings is 2.